The molecule has 3 rings (SSSR count). The van der Waals surface area contributed by atoms with E-state index in [1.165, 1.54) is 0 Å². The number of benzene rings is 1. The van der Waals surface area contributed by atoms with Crippen LogP contribution in [0.3, 0.4) is 0 Å². The minimum atomic E-state index is -0.918. The summed E-state index contributed by atoms with van der Waals surface area (Å²) in [7, 11) is 0. The third kappa shape index (κ3) is 2.26. The molecule has 3 nitrogen and oxygen atoms in total. The number of aliphatic hydroxyl groups is 1. The maximum absolute atomic E-state index is 13.4. The minimum Gasteiger partial charge on any atom is -0.386 e. The monoisotopic (exact) mass is 281 g/mol. The predicted octanol–water partition coefficient (Wildman–Crippen LogP) is 2.12. The third-order valence-corrected chi connectivity index (χ3v) is 4.05. The third-order valence-electron chi connectivity index (χ3n) is 4.05. The number of nitrogens with zero attached hydrogens (tertiary/aromatic N) is 1. The zero-order valence-electron chi connectivity index (χ0n) is 11.3. The van der Waals surface area contributed by atoms with Gasteiger partial charge in [0.25, 0.3) is 0 Å². The van der Waals surface area contributed by atoms with Gasteiger partial charge in [0.2, 0.25) is 0 Å². The van der Waals surface area contributed by atoms with Gasteiger partial charge in [-0.1, -0.05) is 6.08 Å². The molecule has 1 fully saturated rings. The molecule has 2 aliphatic rings. The van der Waals surface area contributed by atoms with Gasteiger partial charge >= 0.3 is 0 Å². The van der Waals surface area contributed by atoms with Crippen molar-refractivity contribution in [2.24, 2.45) is 0 Å². The molecule has 1 aliphatic heterocycles. The Labute approximate surface area is 116 Å². The first-order chi connectivity index (χ1) is 9.58. The summed E-state index contributed by atoms with van der Waals surface area (Å²) in [6, 6.07) is 2.06. The highest BCUT2D eigenvalue weighted by Gasteiger charge is 2.32. The van der Waals surface area contributed by atoms with Gasteiger partial charge in [-0.15, -0.1) is 0 Å². The van der Waals surface area contributed by atoms with Gasteiger partial charge in [0.15, 0.2) is 11.6 Å². The van der Waals surface area contributed by atoms with E-state index in [2.05, 4.69) is 4.90 Å². The highest BCUT2D eigenvalue weighted by atomic mass is 19.2. The molecule has 0 unspecified atom stereocenters. The molecule has 108 valence electrons. The summed E-state index contributed by atoms with van der Waals surface area (Å²) in [6.45, 7) is 4.56. The van der Waals surface area contributed by atoms with Crippen LogP contribution in [0.5, 0.6) is 0 Å². The van der Waals surface area contributed by atoms with Crippen molar-refractivity contribution in [3.8, 4) is 0 Å². The fourth-order valence-corrected chi connectivity index (χ4v) is 2.95. The highest BCUT2D eigenvalue weighted by Crippen LogP contribution is 2.36. The van der Waals surface area contributed by atoms with Gasteiger partial charge in [-0.2, -0.15) is 0 Å². The van der Waals surface area contributed by atoms with Crippen molar-refractivity contribution in [2.45, 2.75) is 19.1 Å². The van der Waals surface area contributed by atoms with E-state index in [1.54, 1.807) is 0 Å². The molecule has 0 saturated carbocycles. The standard InChI is InChI=1S/C15H17F2NO2/c1-9-6-14(18-2-4-20-5-3-18)15(19)11-8-13(17)12(16)7-10(9)11/h6-8,14-15,19H,2-5H2,1H3/t14-,15-/m0/s1. The van der Waals surface area contributed by atoms with E-state index in [9.17, 15) is 13.9 Å². The molecular weight excluding hydrogens is 264 g/mol. The van der Waals surface area contributed by atoms with E-state index >= 15 is 0 Å². The molecule has 2 atom stereocenters. The average molecular weight is 281 g/mol. The van der Waals surface area contributed by atoms with Crippen LogP contribution in [0.2, 0.25) is 0 Å². The van der Waals surface area contributed by atoms with Crippen LogP contribution in [0.4, 0.5) is 8.78 Å². The summed E-state index contributed by atoms with van der Waals surface area (Å²) in [6.07, 6.45) is 1.08. The zero-order valence-corrected chi connectivity index (χ0v) is 11.3. The SMILES string of the molecule is CC1=C[C@H](N2CCOCC2)[C@@H](O)c2cc(F)c(F)cc21. The van der Waals surface area contributed by atoms with E-state index < -0.39 is 17.7 Å². The second-order valence-electron chi connectivity index (χ2n) is 5.29. The fourth-order valence-electron chi connectivity index (χ4n) is 2.95. The van der Waals surface area contributed by atoms with Crippen LogP contribution in [0.15, 0.2) is 18.2 Å². The minimum absolute atomic E-state index is 0.212. The fraction of sp³-hybridized carbons (Fsp3) is 0.467. The number of hydrogen-bond acceptors (Lipinski definition) is 3. The van der Waals surface area contributed by atoms with Gasteiger partial charge in [0.05, 0.1) is 25.4 Å². The van der Waals surface area contributed by atoms with Crippen molar-refractivity contribution in [3.63, 3.8) is 0 Å². The van der Waals surface area contributed by atoms with Gasteiger partial charge in [0, 0.05) is 13.1 Å². The lowest BCUT2D eigenvalue weighted by Gasteiger charge is -2.38. The molecule has 20 heavy (non-hydrogen) atoms. The Hall–Kier alpha value is -1.30. The van der Waals surface area contributed by atoms with Gasteiger partial charge in [0.1, 0.15) is 0 Å². The Balaban J connectivity index is 1.98. The zero-order chi connectivity index (χ0) is 14.3. The number of fused-ring (bicyclic) bond motifs is 1. The van der Waals surface area contributed by atoms with Crippen LogP contribution in [0.25, 0.3) is 5.57 Å². The van der Waals surface area contributed by atoms with Crippen LogP contribution in [0.1, 0.15) is 24.2 Å². The molecule has 1 N–H and O–H groups in total. The molecule has 1 heterocycles. The lowest BCUT2D eigenvalue weighted by Crippen LogP contribution is -2.46. The Kier molecular flexibility index (Phi) is 3.58. The number of morpholine rings is 1. The van der Waals surface area contributed by atoms with Crippen molar-refractivity contribution < 1.29 is 18.6 Å². The number of hydrogen-bond donors (Lipinski definition) is 1. The lowest BCUT2D eigenvalue weighted by atomic mass is 9.85. The Bertz CT molecular complexity index is 553. The van der Waals surface area contributed by atoms with Crippen LogP contribution >= 0.6 is 0 Å². The summed E-state index contributed by atoms with van der Waals surface area (Å²) in [5, 5.41) is 10.5. The molecule has 5 heteroatoms. The van der Waals surface area contributed by atoms with Gasteiger partial charge in [-0.05, 0) is 35.8 Å². The number of ether oxygens (including phenoxy) is 1. The maximum Gasteiger partial charge on any atom is 0.159 e. The maximum atomic E-state index is 13.4. The summed E-state index contributed by atoms with van der Waals surface area (Å²) in [5.41, 5.74) is 1.90. The molecule has 0 bridgehead atoms. The first-order valence-corrected chi connectivity index (χ1v) is 6.75. The van der Waals surface area contributed by atoms with Gasteiger partial charge in [-0.25, -0.2) is 8.78 Å². The summed E-state index contributed by atoms with van der Waals surface area (Å²) < 4.78 is 32.1. The molecule has 1 aliphatic carbocycles. The topological polar surface area (TPSA) is 32.7 Å². The summed E-state index contributed by atoms with van der Waals surface area (Å²) in [4.78, 5) is 2.11. The van der Waals surface area contributed by atoms with Crippen molar-refractivity contribution in [1.29, 1.82) is 0 Å². The van der Waals surface area contributed by atoms with Crippen molar-refractivity contribution in [2.75, 3.05) is 26.3 Å². The van der Waals surface area contributed by atoms with Crippen LogP contribution in [-0.4, -0.2) is 42.4 Å². The van der Waals surface area contributed by atoms with Gasteiger partial charge in [-0.3, -0.25) is 4.90 Å². The quantitative estimate of drug-likeness (QED) is 0.856. The molecular formula is C15H17F2NO2. The average Bonchev–Trinajstić information content (AvgIpc) is 2.46. The number of aliphatic hydroxyl groups excluding tert-OH is 1. The van der Waals surface area contributed by atoms with Crippen LogP contribution < -0.4 is 0 Å². The van der Waals surface area contributed by atoms with E-state index in [-0.39, 0.29) is 6.04 Å². The summed E-state index contributed by atoms with van der Waals surface area (Å²) >= 11 is 0. The second-order valence-corrected chi connectivity index (χ2v) is 5.29. The van der Waals surface area contributed by atoms with E-state index in [0.717, 1.165) is 30.8 Å². The predicted molar refractivity (Wildman–Crippen MR) is 71.1 cm³/mol. The first-order valence-electron chi connectivity index (χ1n) is 6.75. The Morgan fingerprint density at radius 2 is 1.85 bits per heavy atom. The molecule has 0 radical (unpaired) electrons. The van der Waals surface area contributed by atoms with Crippen LogP contribution in [0, 0.1) is 11.6 Å². The largest absolute Gasteiger partial charge is 0.386 e. The first kappa shape index (κ1) is 13.7. The van der Waals surface area contributed by atoms with Gasteiger partial charge < -0.3 is 9.84 Å². The molecule has 1 aromatic rings. The number of allylic oxidation sites excluding steroid dienone is 1. The van der Waals surface area contributed by atoms with E-state index in [4.69, 9.17) is 4.74 Å². The number of halogens is 2. The summed E-state index contributed by atoms with van der Waals surface area (Å²) in [5.74, 6) is -1.80. The normalized spacial score (nSPS) is 27.1. The van der Waals surface area contributed by atoms with E-state index in [1.807, 2.05) is 13.0 Å². The van der Waals surface area contributed by atoms with E-state index in [0.29, 0.717) is 24.3 Å². The Morgan fingerprint density at radius 1 is 1.20 bits per heavy atom. The molecule has 0 aromatic heterocycles. The van der Waals surface area contributed by atoms with Crippen molar-refractivity contribution >= 4 is 5.57 Å². The van der Waals surface area contributed by atoms with Crippen molar-refractivity contribution in [3.05, 3.63) is 41.0 Å². The number of rotatable bonds is 1. The van der Waals surface area contributed by atoms with Crippen LogP contribution in [-0.2, 0) is 4.74 Å². The molecule has 0 spiro atoms. The Morgan fingerprint density at radius 3 is 2.55 bits per heavy atom. The second kappa shape index (κ2) is 5.24. The molecule has 0 amide bonds. The lowest BCUT2D eigenvalue weighted by molar-refractivity contribution is -0.00844. The smallest absolute Gasteiger partial charge is 0.159 e. The molecule has 1 saturated heterocycles. The highest BCUT2D eigenvalue weighted by molar-refractivity contribution is 5.70. The molecule has 1 aromatic carbocycles. The van der Waals surface area contributed by atoms with Crippen molar-refractivity contribution in [1.82, 2.24) is 4.90 Å².